The van der Waals surface area contributed by atoms with Crippen LogP contribution in [-0.2, 0) is 11.2 Å². The largest absolute Gasteiger partial charge is 0.361 e. The SMILES string of the molecule is CN=C(NCCc1c[nH]c2cc(F)ccc12)NCC1CC(=O)Nc2ccccc21. The first-order valence-corrected chi connectivity index (χ1v) is 9.73. The number of carbonyl (C=O) groups excluding carboxylic acids is 1. The number of benzene rings is 2. The van der Waals surface area contributed by atoms with E-state index in [4.69, 9.17) is 0 Å². The van der Waals surface area contributed by atoms with Crippen LogP contribution in [-0.4, -0.2) is 37.0 Å². The lowest BCUT2D eigenvalue weighted by Crippen LogP contribution is -2.41. The van der Waals surface area contributed by atoms with Gasteiger partial charge in [-0.3, -0.25) is 9.79 Å². The third kappa shape index (κ3) is 4.23. The molecule has 3 aromatic rings. The molecule has 1 aliphatic heterocycles. The second kappa shape index (κ2) is 8.34. The maximum Gasteiger partial charge on any atom is 0.225 e. The average Bonchev–Trinajstić information content (AvgIpc) is 3.12. The number of H-pyrrole nitrogens is 1. The second-order valence-electron chi connectivity index (χ2n) is 7.17. The molecule has 0 aliphatic carbocycles. The van der Waals surface area contributed by atoms with Crippen LogP contribution in [0.15, 0.2) is 53.7 Å². The molecule has 4 N–H and O–H groups in total. The molecule has 0 spiro atoms. The van der Waals surface area contributed by atoms with Crippen LogP contribution in [0.4, 0.5) is 10.1 Å². The van der Waals surface area contributed by atoms with Crippen molar-refractivity contribution < 1.29 is 9.18 Å². The third-order valence-corrected chi connectivity index (χ3v) is 5.26. The summed E-state index contributed by atoms with van der Waals surface area (Å²) in [5.41, 5.74) is 3.95. The summed E-state index contributed by atoms with van der Waals surface area (Å²) >= 11 is 0. The zero-order chi connectivity index (χ0) is 20.2. The minimum absolute atomic E-state index is 0.0363. The molecule has 4 rings (SSSR count). The number of carbonyl (C=O) groups is 1. The number of anilines is 1. The number of fused-ring (bicyclic) bond motifs is 2. The lowest BCUT2D eigenvalue weighted by atomic mass is 9.90. The fraction of sp³-hybridized carbons (Fsp3) is 0.273. The van der Waals surface area contributed by atoms with E-state index in [1.165, 1.54) is 12.1 Å². The van der Waals surface area contributed by atoms with Crippen molar-refractivity contribution in [3.05, 3.63) is 65.6 Å². The zero-order valence-electron chi connectivity index (χ0n) is 16.3. The van der Waals surface area contributed by atoms with E-state index in [1.54, 1.807) is 13.1 Å². The highest BCUT2D eigenvalue weighted by Gasteiger charge is 2.24. The van der Waals surface area contributed by atoms with E-state index in [0.29, 0.717) is 25.5 Å². The van der Waals surface area contributed by atoms with Crippen molar-refractivity contribution in [2.75, 3.05) is 25.5 Å². The summed E-state index contributed by atoms with van der Waals surface area (Å²) < 4.78 is 13.3. The molecule has 2 aromatic carbocycles. The summed E-state index contributed by atoms with van der Waals surface area (Å²) in [5, 5.41) is 10.6. The summed E-state index contributed by atoms with van der Waals surface area (Å²) in [5.74, 6) is 0.585. The van der Waals surface area contributed by atoms with Gasteiger partial charge in [-0.2, -0.15) is 0 Å². The number of halogens is 1. The molecule has 0 saturated carbocycles. The molecule has 1 amide bonds. The molecule has 0 fully saturated rings. The van der Waals surface area contributed by atoms with Crippen LogP contribution in [0.25, 0.3) is 10.9 Å². The van der Waals surface area contributed by atoms with Crippen LogP contribution in [0.1, 0.15) is 23.5 Å². The number of amides is 1. The standard InChI is InChI=1S/C22H24FN5O/c1-24-22(25-9-8-14-12-26-20-11-16(23)6-7-18(14)20)27-13-15-10-21(29)28-19-5-3-2-4-17(15)19/h2-7,11-12,15,26H,8-10,13H2,1H3,(H,28,29)(H2,24,25,27). The molecule has 0 bridgehead atoms. The minimum atomic E-state index is -0.244. The van der Waals surface area contributed by atoms with Gasteiger partial charge in [0, 0.05) is 55.3 Å². The zero-order valence-corrected chi connectivity index (χ0v) is 16.3. The predicted molar refractivity (Wildman–Crippen MR) is 114 cm³/mol. The molecule has 1 aliphatic rings. The molecular formula is C22H24FN5O. The lowest BCUT2D eigenvalue weighted by Gasteiger charge is -2.26. The van der Waals surface area contributed by atoms with Crippen LogP contribution in [0.2, 0.25) is 0 Å². The van der Waals surface area contributed by atoms with Gasteiger partial charge in [-0.15, -0.1) is 0 Å². The number of nitrogens with zero attached hydrogens (tertiary/aromatic N) is 1. The Morgan fingerprint density at radius 2 is 2.10 bits per heavy atom. The van der Waals surface area contributed by atoms with Gasteiger partial charge in [-0.25, -0.2) is 4.39 Å². The molecule has 1 aromatic heterocycles. The number of aromatic amines is 1. The summed E-state index contributed by atoms with van der Waals surface area (Å²) in [4.78, 5) is 19.4. The first-order valence-electron chi connectivity index (χ1n) is 9.73. The van der Waals surface area contributed by atoms with Crippen molar-refractivity contribution in [3.63, 3.8) is 0 Å². The molecule has 0 saturated heterocycles. The number of aliphatic imine (C=N–C) groups is 1. The topological polar surface area (TPSA) is 81.3 Å². The first kappa shape index (κ1) is 19.0. The highest BCUT2D eigenvalue weighted by Crippen LogP contribution is 2.31. The number of guanidine groups is 1. The van der Waals surface area contributed by atoms with Crippen molar-refractivity contribution in [1.82, 2.24) is 15.6 Å². The fourth-order valence-electron chi connectivity index (χ4n) is 3.81. The maximum atomic E-state index is 13.3. The Kier molecular flexibility index (Phi) is 5.46. The average molecular weight is 393 g/mol. The molecule has 2 heterocycles. The van der Waals surface area contributed by atoms with Crippen LogP contribution in [0.3, 0.4) is 0 Å². The molecule has 1 atom stereocenters. The van der Waals surface area contributed by atoms with Crippen molar-refractivity contribution in [2.45, 2.75) is 18.8 Å². The van der Waals surface area contributed by atoms with Crippen LogP contribution in [0.5, 0.6) is 0 Å². The van der Waals surface area contributed by atoms with Gasteiger partial charge in [0.2, 0.25) is 5.91 Å². The van der Waals surface area contributed by atoms with Gasteiger partial charge < -0.3 is 20.9 Å². The van der Waals surface area contributed by atoms with Crippen molar-refractivity contribution in [2.24, 2.45) is 4.99 Å². The Labute approximate surface area is 168 Å². The quantitative estimate of drug-likeness (QED) is 0.397. The fourth-order valence-corrected chi connectivity index (χ4v) is 3.81. The van der Waals surface area contributed by atoms with Crippen LogP contribution < -0.4 is 16.0 Å². The van der Waals surface area contributed by atoms with Gasteiger partial charge in [0.05, 0.1) is 0 Å². The summed E-state index contributed by atoms with van der Waals surface area (Å²) in [6, 6.07) is 12.7. The number of rotatable bonds is 5. The number of para-hydroxylation sites is 1. The molecule has 1 unspecified atom stereocenters. The molecule has 7 heteroatoms. The maximum absolute atomic E-state index is 13.3. The van der Waals surface area contributed by atoms with E-state index in [9.17, 15) is 9.18 Å². The van der Waals surface area contributed by atoms with E-state index < -0.39 is 0 Å². The predicted octanol–water partition coefficient (Wildman–Crippen LogP) is 3.14. The van der Waals surface area contributed by atoms with Crippen molar-refractivity contribution in [1.29, 1.82) is 0 Å². The minimum Gasteiger partial charge on any atom is -0.361 e. The van der Waals surface area contributed by atoms with Gasteiger partial charge in [-0.1, -0.05) is 18.2 Å². The van der Waals surface area contributed by atoms with E-state index in [2.05, 4.69) is 32.0 Å². The highest BCUT2D eigenvalue weighted by atomic mass is 19.1. The summed E-state index contributed by atoms with van der Waals surface area (Å²) in [6.07, 6.45) is 3.15. The van der Waals surface area contributed by atoms with Gasteiger partial charge in [-0.05, 0) is 41.8 Å². The lowest BCUT2D eigenvalue weighted by molar-refractivity contribution is -0.116. The Morgan fingerprint density at radius 3 is 2.97 bits per heavy atom. The van der Waals surface area contributed by atoms with Gasteiger partial charge in [0.15, 0.2) is 5.96 Å². The van der Waals surface area contributed by atoms with Gasteiger partial charge in [0.1, 0.15) is 5.82 Å². The Hall–Kier alpha value is -3.35. The number of nitrogens with one attached hydrogen (secondary N) is 4. The van der Waals surface area contributed by atoms with E-state index in [-0.39, 0.29) is 17.6 Å². The summed E-state index contributed by atoms with van der Waals surface area (Å²) in [7, 11) is 1.73. The summed E-state index contributed by atoms with van der Waals surface area (Å²) in [6.45, 7) is 1.31. The van der Waals surface area contributed by atoms with Crippen molar-refractivity contribution in [3.8, 4) is 0 Å². The number of aromatic nitrogens is 1. The van der Waals surface area contributed by atoms with E-state index >= 15 is 0 Å². The third-order valence-electron chi connectivity index (χ3n) is 5.26. The van der Waals surface area contributed by atoms with Gasteiger partial charge in [0.25, 0.3) is 0 Å². The number of hydrogen-bond acceptors (Lipinski definition) is 2. The van der Waals surface area contributed by atoms with E-state index in [0.717, 1.165) is 34.1 Å². The molecule has 6 nitrogen and oxygen atoms in total. The van der Waals surface area contributed by atoms with Gasteiger partial charge >= 0.3 is 0 Å². The monoisotopic (exact) mass is 393 g/mol. The smallest absolute Gasteiger partial charge is 0.225 e. The number of hydrogen-bond donors (Lipinski definition) is 4. The molecular weight excluding hydrogens is 369 g/mol. The molecule has 0 radical (unpaired) electrons. The van der Waals surface area contributed by atoms with Crippen LogP contribution in [0, 0.1) is 5.82 Å². The Bertz CT molecular complexity index is 1060. The Morgan fingerprint density at radius 1 is 1.24 bits per heavy atom. The normalized spacial score (nSPS) is 16.4. The van der Waals surface area contributed by atoms with Crippen molar-refractivity contribution >= 4 is 28.5 Å². The Balaban J connectivity index is 1.33. The molecule has 29 heavy (non-hydrogen) atoms. The first-order chi connectivity index (χ1) is 14.1. The highest BCUT2D eigenvalue weighted by molar-refractivity contribution is 5.94. The molecule has 150 valence electrons. The van der Waals surface area contributed by atoms with Crippen LogP contribution >= 0.6 is 0 Å². The van der Waals surface area contributed by atoms with E-state index in [1.807, 2.05) is 24.4 Å². The second-order valence-corrected chi connectivity index (χ2v) is 7.17.